The summed E-state index contributed by atoms with van der Waals surface area (Å²) in [4.78, 5) is 6.03. The average molecular weight is 264 g/mol. The van der Waals surface area contributed by atoms with Gasteiger partial charge < -0.3 is 5.32 Å². The zero-order valence-corrected chi connectivity index (χ0v) is 11.3. The molecule has 1 aliphatic heterocycles. The summed E-state index contributed by atoms with van der Waals surface area (Å²) >= 11 is 3.54. The van der Waals surface area contributed by atoms with Crippen LogP contribution in [-0.4, -0.2) is 17.6 Å². The van der Waals surface area contributed by atoms with E-state index in [0.717, 1.165) is 6.42 Å². The number of hydrogen-bond acceptors (Lipinski definition) is 4. The summed E-state index contributed by atoms with van der Waals surface area (Å²) in [6.45, 7) is 1.17. The van der Waals surface area contributed by atoms with E-state index in [-0.39, 0.29) is 0 Å². The van der Waals surface area contributed by atoms with Gasteiger partial charge in [0.2, 0.25) is 0 Å². The van der Waals surface area contributed by atoms with Crippen LogP contribution in [0.2, 0.25) is 0 Å². The number of thiophene rings is 1. The summed E-state index contributed by atoms with van der Waals surface area (Å²) in [7, 11) is 0. The molecule has 1 saturated heterocycles. The van der Waals surface area contributed by atoms with Crippen LogP contribution in [0.3, 0.4) is 0 Å². The molecule has 1 atom stereocenters. The van der Waals surface area contributed by atoms with Crippen molar-refractivity contribution in [3.8, 4) is 9.88 Å². The highest BCUT2D eigenvalue weighted by molar-refractivity contribution is 7.20. The minimum atomic E-state index is 0.641. The lowest BCUT2D eigenvalue weighted by Gasteiger charge is -2.22. The minimum absolute atomic E-state index is 0.641. The van der Waals surface area contributed by atoms with E-state index in [2.05, 4.69) is 28.2 Å². The first-order chi connectivity index (χ1) is 8.42. The van der Waals surface area contributed by atoms with Gasteiger partial charge >= 0.3 is 0 Å². The van der Waals surface area contributed by atoms with Crippen molar-refractivity contribution in [2.75, 3.05) is 6.54 Å². The predicted molar refractivity (Wildman–Crippen MR) is 74.8 cm³/mol. The van der Waals surface area contributed by atoms with Crippen molar-refractivity contribution in [1.82, 2.24) is 10.3 Å². The van der Waals surface area contributed by atoms with E-state index in [0.29, 0.717) is 6.04 Å². The van der Waals surface area contributed by atoms with Gasteiger partial charge in [-0.25, -0.2) is 4.98 Å². The molecule has 0 amide bonds. The van der Waals surface area contributed by atoms with E-state index in [1.54, 1.807) is 22.7 Å². The third kappa shape index (κ3) is 2.76. The molecular formula is C13H16N2S2. The zero-order chi connectivity index (χ0) is 11.5. The van der Waals surface area contributed by atoms with Crippen LogP contribution in [0.4, 0.5) is 0 Å². The second kappa shape index (κ2) is 5.29. The van der Waals surface area contributed by atoms with Gasteiger partial charge in [-0.1, -0.05) is 12.5 Å². The lowest BCUT2D eigenvalue weighted by molar-refractivity contribution is 0.397. The average Bonchev–Trinajstić information content (AvgIpc) is 3.00. The normalized spacial score (nSPS) is 20.6. The third-order valence-electron chi connectivity index (χ3n) is 3.15. The molecular weight excluding hydrogens is 248 g/mol. The Kier molecular flexibility index (Phi) is 3.54. The molecule has 0 saturated carbocycles. The Balaban J connectivity index is 1.68. The molecule has 4 heteroatoms. The van der Waals surface area contributed by atoms with Crippen LogP contribution in [0.15, 0.2) is 22.9 Å². The molecule has 1 unspecified atom stereocenters. The van der Waals surface area contributed by atoms with Gasteiger partial charge in [-0.3, -0.25) is 0 Å². The Labute approximate surface area is 110 Å². The van der Waals surface area contributed by atoms with Gasteiger partial charge in [0.1, 0.15) is 5.01 Å². The Morgan fingerprint density at radius 2 is 2.35 bits per heavy atom. The van der Waals surface area contributed by atoms with Gasteiger partial charge in [-0.05, 0) is 30.8 Å². The van der Waals surface area contributed by atoms with Crippen molar-refractivity contribution in [1.29, 1.82) is 0 Å². The van der Waals surface area contributed by atoms with Gasteiger partial charge in [-0.15, -0.1) is 22.7 Å². The van der Waals surface area contributed by atoms with Gasteiger partial charge in [0, 0.05) is 17.8 Å². The lowest BCUT2D eigenvalue weighted by Crippen LogP contribution is -2.35. The molecule has 2 nitrogen and oxygen atoms in total. The monoisotopic (exact) mass is 264 g/mol. The van der Waals surface area contributed by atoms with Gasteiger partial charge in [-0.2, -0.15) is 0 Å². The third-order valence-corrected chi connectivity index (χ3v) is 5.08. The number of aromatic nitrogens is 1. The standard InChI is InChI=1S/C13H16N2S2/c1-2-6-14-10(4-1)8-11-9-17-13(15-11)12-5-3-7-16-12/h3,5,7,9-10,14H,1-2,4,6,8H2. The fraction of sp³-hybridized carbons (Fsp3) is 0.462. The SMILES string of the molecule is c1csc(-c2nc(CC3CCCCN3)cs2)c1. The van der Waals surface area contributed by atoms with Gasteiger partial charge in [0.25, 0.3) is 0 Å². The molecule has 3 heterocycles. The molecule has 0 radical (unpaired) electrons. The van der Waals surface area contributed by atoms with Crippen molar-refractivity contribution in [3.63, 3.8) is 0 Å². The van der Waals surface area contributed by atoms with Crippen LogP contribution in [0.1, 0.15) is 25.0 Å². The molecule has 1 N–H and O–H groups in total. The Bertz CT molecular complexity index is 455. The highest BCUT2D eigenvalue weighted by Gasteiger charge is 2.15. The topological polar surface area (TPSA) is 24.9 Å². The molecule has 2 aromatic rings. The molecule has 1 aliphatic rings. The maximum Gasteiger partial charge on any atom is 0.133 e. The van der Waals surface area contributed by atoms with Crippen LogP contribution >= 0.6 is 22.7 Å². The van der Waals surface area contributed by atoms with E-state index < -0.39 is 0 Å². The van der Waals surface area contributed by atoms with E-state index in [4.69, 9.17) is 4.98 Å². The van der Waals surface area contributed by atoms with Crippen LogP contribution in [-0.2, 0) is 6.42 Å². The summed E-state index contributed by atoms with van der Waals surface area (Å²) < 4.78 is 0. The quantitative estimate of drug-likeness (QED) is 0.917. The van der Waals surface area contributed by atoms with E-state index in [9.17, 15) is 0 Å². The molecule has 0 aliphatic carbocycles. The van der Waals surface area contributed by atoms with Crippen molar-refractivity contribution >= 4 is 22.7 Å². The second-order valence-electron chi connectivity index (χ2n) is 4.47. The molecule has 2 aromatic heterocycles. The fourth-order valence-electron chi connectivity index (χ4n) is 2.26. The number of rotatable bonds is 3. The number of thiazole rings is 1. The summed E-state index contributed by atoms with van der Waals surface area (Å²) in [6.07, 6.45) is 5.07. The number of hydrogen-bond donors (Lipinski definition) is 1. The van der Waals surface area contributed by atoms with Crippen LogP contribution in [0, 0.1) is 0 Å². The van der Waals surface area contributed by atoms with Crippen molar-refractivity contribution < 1.29 is 0 Å². The summed E-state index contributed by atoms with van der Waals surface area (Å²) in [5, 5.41) is 9.07. The van der Waals surface area contributed by atoms with Crippen LogP contribution in [0.5, 0.6) is 0 Å². The van der Waals surface area contributed by atoms with Crippen LogP contribution < -0.4 is 5.32 Å². The largest absolute Gasteiger partial charge is 0.314 e. The molecule has 0 spiro atoms. The molecule has 0 bridgehead atoms. The number of nitrogens with zero attached hydrogens (tertiary/aromatic N) is 1. The predicted octanol–water partition coefficient (Wildman–Crippen LogP) is 3.56. The lowest BCUT2D eigenvalue weighted by atomic mass is 10.0. The smallest absolute Gasteiger partial charge is 0.133 e. The summed E-state index contributed by atoms with van der Waals surface area (Å²) in [6, 6.07) is 4.87. The first kappa shape index (κ1) is 11.4. The molecule has 17 heavy (non-hydrogen) atoms. The van der Waals surface area contributed by atoms with Gasteiger partial charge in [0.15, 0.2) is 0 Å². The first-order valence-electron chi connectivity index (χ1n) is 6.13. The summed E-state index contributed by atoms with van der Waals surface area (Å²) in [5.41, 5.74) is 1.25. The Morgan fingerprint density at radius 1 is 1.35 bits per heavy atom. The maximum atomic E-state index is 4.74. The second-order valence-corrected chi connectivity index (χ2v) is 6.28. The molecule has 1 fully saturated rings. The fourth-order valence-corrected chi connectivity index (χ4v) is 3.91. The minimum Gasteiger partial charge on any atom is -0.314 e. The van der Waals surface area contributed by atoms with E-state index in [1.165, 1.54) is 41.4 Å². The maximum absolute atomic E-state index is 4.74. The number of nitrogens with one attached hydrogen (secondary N) is 1. The van der Waals surface area contributed by atoms with Crippen molar-refractivity contribution in [2.24, 2.45) is 0 Å². The molecule has 3 rings (SSSR count). The zero-order valence-electron chi connectivity index (χ0n) is 9.69. The highest BCUT2D eigenvalue weighted by atomic mass is 32.1. The summed E-state index contributed by atoms with van der Waals surface area (Å²) in [5.74, 6) is 0. The Morgan fingerprint density at radius 3 is 3.12 bits per heavy atom. The number of piperidine rings is 1. The van der Waals surface area contributed by atoms with E-state index >= 15 is 0 Å². The van der Waals surface area contributed by atoms with Gasteiger partial charge in [0.05, 0.1) is 10.6 Å². The Hall–Kier alpha value is -0.710. The first-order valence-corrected chi connectivity index (χ1v) is 7.89. The molecule has 90 valence electrons. The highest BCUT2D eigenvalue weighted by Crippen LogP contribution is 2.28. The van der Waals surface area contributed by atoms with Crippen molar-refractivity contribution in [3.05, 3.63) is 28.6 Å². The van der Waals surface area contributed by atoms with Crippen LogP contribution in [0.25, 0.3) is 9.88 Å². The molecule has 0 aromatic carbocycles. The van der Waals surface area contributed by atoms with Crippen molar-refractivity contribution in [2.45, 2.75) is 31.7 Å². The van der Waals surface area contributed by atoms with E-state index in [1.807, 2.05) is 0 Å².